The molecule has 0 radical (unpaired) electrons. The van der Waals surface area contributed by atoms with E-state index in [-0.39, 0.29) is 18.6 Å². The fourth-order valence-corrected chi connectivity index (χ4v) is 3.00. The third-order valence-corrected chi connectivity index (χ3v) is 4.32. The number of ether oxygens (including phenoxy) is 1. The van der Waals surface area contributed by atoms with Gasteiger partial charge in [0, 0.05) is 25.4 Å². The molecule has 0 unspecified atom stereocenters. The van der Waals surface area contributed by atoms with Crippen LogP contribution in [0.1, 0.15) is 18.9 Å². The van der Waals surface area contributed by atoms with Gasteiger partial charge < -0.3 is 14.7 Å². The number of aliphatic hydroxyl groups is 1. The second-order valence-electron chi connectivity index (χ2n) is 6.42. The van der Waals surface area contributed by atoms with Crippen LogP contribution < -0.4 is 4.74 Å². The van der Waals surface area contributed by atoms with E-state index < -0.39 is 5.60 Å². The molecule has 0 spiro atoms. The molecule has 5 nitrogen and oxygen atoms in total. The minimum atomic E-state index is -1.08. The van der Waals surface area contributed by atoms with Crippen molar-refractivity contribution in [2.75, 3.05) is 13.1 Å². The van der Waals surface area contributed by atoms with E-state index in [9.17, 15) is 9.90 Å². The number of amides is 1. The van der Waals surface area contributed by atoms with Crippen LogP contribution >= 0.6 is 0 Å². The standard InChI is InChI=1S/C19H22N2O3/c1-19(23)14-21(18(22)12-15-6-5-10-20-13-15)11-9-17(19)24-16-7-3-2-4-8-16/h2-8,10,13,17,23H,9,11-12,14H2,1H3/t17-,19-/m0/s1. The highest BCUT2D eigenvalue weighted by Crippen LogP contribution is 2.26. The molecule has 2 heterocycles. The van der Waals surface area contributed by atoms with Crippen molar-refractivity contribution in [3.8, 4) is 5.75 Å². The SMILES string of the molecule is C[C@]1(O)CN(C(=O)Cc2cccnc2)CC[C@@H]1Oc1ccccc1. The smallest absolute Gasteiger partial charge is 0.227 e. The van der Waals surface area contributed by atoms with E-state index in [4.69, 9.17) is 4.74 Å². The Labute approximate surface area is 141 Å². The van der Waals surface area contributed by atoms with Crippen molar-refractivity contribution in [2.24, 2.45) is 0 Å². The Bertz CT molecular complexity index is 674. The van der Waals surface area contributed by atoms with E-state index in [1.165, 1.54) is 0 Å². The fourth-order valence-electron chi connectivity index (χ4n) is 3.00. The predicted octanol–water partition coefficient (Wildman–Crippen LogP) is 2.06. The Morgan fingerprint density at radius 3 is 2.79 bits per heavy atom. The van der Waals surface area contributed by atoms with Crippen LogP contribution in [0.15, 0.2) is 54.9 Å². The van der Waals surface area contributed by atoms with Crippen molar-refractivity contribution in [3.63, 3.8) is 0 Å². The van der Waals surface area contributed by atoms with Crippen LogP contribution in [0.4, 0.5) is 0 Å². The van der Waals surface area contributed by atoms with E-state index in [1.807, 2.05) is 42.5 Å². The lowest BCUT2D eigenvalue weighted by Crippen LogP contribution is -2.58. The number of benzene rings is 1. The molecule has 1 N–H and O–H groups in total. The van der Waals surface area contributed by atoms with Crippen LogP contribution in [0.2, 0.25) is 0 Å². The van der Waals surface area contributed by atoms with Crippen molar-refractivity contribution in [1.82, 2.24) is 9.88 Å². The van der Waals surface area contributed by atoms with Gasteiger partial charge >= 0.3 is 0 Å². The van der Waals surface area contributed by atoms with E-state index in [0.717, 1.165) is 11.3 Å². The number of aromatic nitrogens is 1. The normalized spacial score (nSPS) is 23.8. The molecule has 1 aliphatic heterocycles. The first kappa shape index (κ1) is 16.5. The summed E-state index contributed by atoms with van der Waals surface area (Å²) < 4.78 is 5.92. The van der Waals surface area contributed by atoms with Crippen molar-refractivity contribution in [3.05, 3.63) is 60.4 Å². The zero-order chi connectivity index (χ0) is 17.0. The average molecular weight is 326 g/mol. The van der Waals surface area contributed by atoms with Gasteiger partial charge in [0.25, 0.3) is 0 Å². The number of piperidine rings is 1. The first-order valence-corrected chi connectivity index (χ1v) is 8.15. The van der Waals surface area contributed by atoms with Gasteiger partial charge in [-0.1, -0.05) is 24.3 Å². The van der Waals surface area contributed by atoms with Crippen molar-refractivity contribution in [1.29, 1.82) is 0 Å². The number of hydrogen-bond acceptors (Lipinski definition) is 4. The summed E-state index contributed by atoms with van der Waals surface area (Å²) in [6.07, 6.45) is 3.95. The van der Waals surface area contributed by atoms with Crippen LogP contribution in [0, 0.1) is 0 Å². The number of rotatable bonds is 4. The molecule has 5 heteroatoms. The fraction of sp³-hybridized carbons (Fsp3) is 0.368. The Hall–Kier alpha value is -2.40. The van der Waals surface area contributed by atoms with Crippen LogP contribution in [0.5, 0.6) is 5.75 Å². The molecule has 1 saturated heterocycles. The molecular weight excluding hydrogens is 304 g/mol. The van der Waals surface area contributed by atoms with Crippen molar-refractivity contribution >= 4 is 5.91 Å². The number of β-amino-alcohol motifs (C(OH)–C–C–N with tert-alkyl or cyclic N) is 1. The zero-order valence-corrected chi connectivity index (χ0v) is 13.8. The Kier molecular flexibility index (Phi) is 4.81. The summed E-state index contributed by atoms with van der Waals surface area (Å²) in [6, 6.07) is 13.2. The third kappa shape index (κ3) is 3.92. The van der Waals surface area contributed by atoms with Gasteiger partial charge in [-0.25, -0.2) is 0 Å². The minimum absolute atomic E-state index is 0.00133. The van der Waals surface area contributed by atoms with E-state index >= 15 is 0 Å². The third-order valence-electron chi connectivity index (χ3n) is 4.32. The molecule has 126 valence electrons. The summed E-state index contributed by atoms with van der Waals surface area (Å²) in [5.74, 6) is 0.736. The Morgan fingerprint density at radius 1 is 1.33 bits per heavy atom. The first-order valence-electron chi connectivity index (χ1n) is 8.15. The molecule has 1 aromatic heterocycles. The predicted molar refractivity (Wildman–Crippen MR) is 90.6 cm³/mol. The van der Waals surface area contributed by atoms with Crippen molar-refractivity contribution < 1.29 is 14.6 Å². The van der Waals surface area contributed by atoms with Gasteiger partial charge in [-0.05, 0) is 30.7 Å². The molecule has 1 aliphatic rings. The first-order chi connectivity index (χ1) is 11.5. The summed E-state index contributed by atoms with van der Waals surface area (Å²) in [5.41, 5.74) is -0.205. The largest absolute Gasteiger partial charge is 0.487 e. The molecule has 24 heavy (non-hydrogen) atoms. The highest BCUT2D eigenvalue weighted by atomic mass is 16.5. The second-order valence-corrected chi connectivity index (χ2v) is 6.42. The molecule has 2 atom stereocenters. The van der Waals surface area contributed by atoms with Gasteiger partial charge in [0.15, 0.2) is 0 Å². The van der Waals surface area contributed by atoms with E-state index in [2.05, 4.69) is 4.98 Å². The van der Waals surface area contributed by atoms with E-state index in [0.29, 0.717) is 19.4 Å². The number of nitrogens with zero attached hydrogens (tertiary/aromatic N) is 2. The van der Waals surface area contributed by atoms with Gasteiger partial charge in [0.05, 0.1) is 13.0 Å². The molecule has 1 fully saturated rings. The topological polar surface area (TPSA) is 62.7 Å². The molecule has 0 saturated carbocycles. The number of para-hydroxylation sites is 1. The number of carbonyl (C=O) groups excluding carboxylic acids is 1. The van der Waals surface area contributed by atoms with Crippen LogP contribution in [-0.4, -0.2) is 45.7 Å². The molecule has 1 amide bonds. The number of carbonyl (C=O) groups is 1. The number of likely N-dealkylation sites (tertiary alicyclic amines) is 1. The molecular formula is C19H22N2O3. The van der Waals surface area contributed by atoms with Crippen LogP contribution in [0.25, 0.3) is 0 Å². The van der Waals surface area contributed by atoms with Crippen LogP contribution in [0.3, 0.4) is 0 Å². The molecule has 2 aromatic rings. The lowest BCUT2D eigenvalue weighted by molar-refractivity contribution is -0.145. The molecule has 0 aliphatic carbocycles. The second kappa shape index (κ2) is 7.01. The number of pyridine rings is 1. The summed E-state index contributed by atoms with van der Waals surface area (Å²) in [4.78, 5) is 18.2. The highest BCUT2D eigenvalue weighted by Gasteiger charge is 2.41. The Balaban J connectivity index is 1.61. The number of hydrogen-bond donors (Lipinski definition) is 1. The highest BCUT2D eigenvalue weighted by molar-refractivity contribution is 5.78. The maximum absolute atomic E-state index is 12.5. The monoisotopic (exact) mass is 326 g/mol. The summed E-state index contributed by atoms with van der Waals surface area (Å²) in [7, 11) is 0. The maximum Gasteiger partial charge on any atom is 0.227 e. The summed E-state index contributed by atoms with van der Waals surface area (Å²) in [5, 5.41) is 10.7. The Morgan fingerprint density at radius 2 is 2.12 bits per heavy atom. The molecule has 1 aromatic carbocycles. The quantitative estimate of drug-likeness (QED) is 0.934. The van der Waals surface area contributed by atoms with Crippen molar-refractivity contribution in [2.45, 2.75) is 31.5 Å². The van der Waals surface area contributed by atoms with Crippen LogP contribution in [-0.2, 0) is 11.2 Å². The molecule has 3 rings (SSSR count). The average Bonchev–Trinajstić information content (AvgIpc) is 2.58. The summed E-state index contributed by atoms with van der Waals surface area (Å²) in [6.45, 7) is 2.57. The van der Waals surface area contributed by atoms with Gasteiger partial charge in [0.1, 0.15) is 17.5 Å². The van der Waals surface area contributed by atoms with Gasteiger partial charge in [-0.3, -0.25) is 9.78 Å². The molecule has 0 bridgehead atoms. The van der Waals surface area contributed by atoms with E-state index in [1.54, 1.807) is 24.2 Å². The maximum atomic E-state index is 12.5. The summed E-state index contributed by atoms with van der Waals surface area (Å²) >= 11 is 0. The lowest BCUT2D eigenvalue weighted by Gasteiger charge is -2.42. The van der Waals surface area contributed by atoms with Gasteiger partial charge in [-0.15, -0.1) is 0 Å². The lowest BCUT2D eigenvalue weighted by atomic mass is 9.91. The van der Waals surface area contributed by atoms with Gasteiger partial charge in [-0.2, -0.15) is 0 Å². The minimum Gasteiger partial charge on any atom is -0.487 e. The zero-order valence-electron chi connectivity index (χ0n) is 13.8. The van der Waals surface area contributed by atoms with Gasteiger partial charge in [0.2, 0.25) is 5.91 Å².